The molecule has 10 atom stereocenters. The van der Waals surface area contributed by atoms with E-state index in [2.05, 4.69) is 20.7 Å². The van der Waals surface area contributed by atoms with Crippen molar-refractivity contribution in [2.24, 2.45) is 28.8 Å². The summed E-state index contributed by atoms with van der Waals surface area (Å²) in [7, 11) is 6.32. The van der Waals surface area contributed by atoms with Gasteiger partial charge in [0.1, 0.15) is 17.4 Å². The lowest BCUT2D eigenvalue weighted by Crippen LogP contribution is -2.60. The Labute approximate surface area is 346 Å². The van der Waals surface area contributed by atoms with Gasteiger partial charge < -0.3 is 34.6 Å². The Morgan fingerprint density at radius 1 is 1.00 bits per heavy atom. The van der Waals surface area contributed by atoms with E-state index in [1.165, 1.54) is 19.1 Å². The molecule has 2 N–H and O–H groups in total. The van der Waals surface area contributed by atoms with E-state index in [9.17, 15) is 29.5 Å². The van der Waals surface area contributed by atoms with Crippen LogP contribution in [0.2, 0.25) is 0 Å². The molecule has 1 aliphatic rings. The van der Waals surface area contributed by atoms with Crippen molar-refractivity contribution in [2.45, 2.75) is 149 Å². The maximum absolute atomic E-state index is 14.3. The number of hydrogen-bond acceptors (Lipinski definition) is 10. The summed E-state index contributed by atoms with van der Waals surface area (Å²) >= 11 is 0. The number of azide groups is 1. The number of Topliss-reactive ketones (excluding diaryl/α,β-unsaturated/α-hetero) is 1. The Kier molecular flexibility index (Phi) is 20.3. The van der Waals surface area contributed by atoms with Crippen LogP contribution in [-0.2, 0) is 44.6 Å². The highest BCUT2D eigenvalue weighted by molar-refractivity contribution is 5.91. The van der Waals surface area contributed by atoms with Gasteiger partial charge >= 0.3 is 5.97 Å². The minimum atomic E-state index is -1.17. The van der Waals surface area contributed by atoms with Gasteiger partial charge in [-0.15, -0.1) is 0 Å². The molecule has 15 nitrogen and oxygen atoms in total. The molecule has 2 rings (SSSR count). The Bertz CT molecular complexity index is 1550. The van der Waals surface area contributed by atoms with E-state index in [1.807, 2.05) is 58.0 Å². The number of carbonyl (C=O) groups excluding carboxylic acids is 5. The zero-order valence-electron chi connectivity index (χ0n) is 37.2. The van der Waals surface area contributed by atoms with E-state index in [0.29, 0.717) is 32.2 Å². The summed E-state index contributed by atoms with van der Waals surface area (Å²) < 4.78 is 17.7. The third-order valence-corrected chi connectivity index (χ3v) is 11.4. The second-order valence-corrected chi connectivity index (χ2v) is 17.1. The summed E-state index contributed by atoms with van der Waals surface area (Å²) in [4.78, 5) is 75.4. The van der Waals surface area contributed by atoms with Crippen LogP contribution >= 0.6 is 0 Å². The SMILES string of the molecule is CC[C@H](C)[C@@H]([C@@H](CC(=O)N1CCC[C@H]1[C@H](OC)[C@@H](C)C(=O)C[C@@H](Cc1ccccc1)C(=O)OC(C)(C)C)OC)N(C)C(=O)[C@@H](NC(=O)[C@@H](NC)C(C)C)[C@H](C)N=[N+]=[N-]. The molecule has 3 amide bonds. The quantitative estimate of drug-likeness (QED) is 0.0622. The number of rotatable bonds is 23. The number of amides is 3. The number of nitrogens with one attached hydrogen (secondary N) is 2. The molecule has 0 aliphatic carbocycles. The van der Waals surface area contributed by atoms with Crippen molar-refractivity contribution in [3.05, 3.63) is 46.3 Å². The third kappa shape index (κ3) is 14.1. The Hall–Kier alpha value is -4.04. The van der Waals surface area contributed by atoms with Gasteiger partial charge in [0, 0.05) is 45.1 Å². The molecule has 0 radical (unpaired) electrons. The second-order valence-electron chi connectivity index (χ2n) is 17.1. The zero-order valence-corrected chi connectivity index (χ0v) is 37.2. The van der Waals surface area contributed by atoms with Crippen LogP contribution in [0, 0.1) is 23.7 Å². The van der Waals surface area contributed by atoms with Crippen LogP contribution in [0.3, 0.4) is 0 Å². The number of nitrogens with zero attached hydrogens (tertiary/aromatic N) is 5. The van der Waals surface area contributed by atoms with E-state index in [4.69, 9.17) is 14.2 Å². The highest BCUT2D eigenvalue weighted by Crippen LogP contribution is 2.31. The summed E-state index contributed by atoms with van der Waals surface area (Å²) in [6.07, 6.45) is 0.851. The van der Waals surface area contributed by atoms with Gasteiger partial charge in [-0.3, -0.25) is 24.0 Å². The predicted molar refractivity (Wildman–Crippen MR) is 223 cm³/mol. The molecule has 58 heavy (non-hydrogen) atoms. The molecule has 15 heteroatoms. The standard InChI is InChI=1S/C43H71N7O8/c1-14-27(4)38(49(11)41(54)37(29(6)47-48-44)46-40(53)36(45-10)26(2)3)34(56-12)25-35(52)50-22-18-21-32(50)39(57-13)28(5)33(51)24-31(42(55)58-43(7,8)9)23-30-19-16-15-17-20-30/h15-17,19-20,26-29,31-32,34,36-39,45H,14,18,21-25H2,1-13H3,(H,46,53)/t27-,28-,29-,31+,32-,34+,36-,37-,38-,39+/m0/s1. The second kappa shape index (κ2) is 23.5. The van der Waals surface area contributed by atoms with Crippen LogP contribution in [0.5, 0.6) is 0 Å². The summed E-state index contributed by atoms with van der Waals surface area (Å²) in [5, 5.41) is 9.56. The minimum Gasteiger partial charge on any atom is -0.460 e. The number of hydrogen-bond donors (Lipinski definition) is 2. The highest BCUT2D eigenvalue weighted by atomic mass is 16.6. The van der Waals surface area contributed by atoms with Gasteiger partial charge in [-0.05, 0) is 70.0 Å². The molecular weight excluding hydrogens is 743 g/mol. The Balaban J connectivity index is 2.35. The molecule has 1 saturated heterocycles. The van der Waals surface area contributed by atoms with Crippen molar-refractivity contribution in [1.29, 1.82) is 0 Å². The molecule has 0 spiro atoms. The number of methoxy groups -OCH3 is 2. The van der Waals surface area contributed by atoms with Crippen LogP contribution in [0.1, 0.15) is 100.0 Å². The summed E-state index contributed by atoms with van der Waals surface area (Å²) in [6, 6.07) is 5.86. The van der Waals surface area contributed by atoms with Crippen LogP contribution in [0.15, 0.2) is 35.4 Å². The molecule has 1 aromatic rings. The van der Waals surface area contributed by atoms with Gasteiger partial charge in [0.15, 0.2) is 0 Å². The van der Waals surface area contributed by atoms with Crippen molar-refractivity contribution >= 4 is 29.5 Å². The number of carbonyl (C=O) groups is 5. The topological polar surface area (TPSA) is 192 Å². The van der Waals surface area contributed by atoms with Crippen LogP contribution in [-0.4, -0.2) is 122 Å². The summed E-state index contributed by atoms with van der Waals surface area (Å²) in [6.45, 7) is 16.9. The van der Waals surface area contributed by atoms with Crippen LogP contribution < -0.4 is 10.6 Å². The molecule has 1 aromatic carbocycles. The highest BCUT2D eigenvalue weighted by Gasteiger charge is 2.44. The fourth-order valence-corrected chi connectivity index (χ4v) is 8.06. The van der Waals surface area contributed by atoms with Crippen molar-refractivity contribution in [3.8, 4) is 0 Å². The first-order chi connectivity index (χ1) is 27.3. The first-order valence-electron chi connectivity index (χ1n) is 20.7. The van der Waals surface area contributed by atoms with E-state index in [-0.39, 0.29) is 36.4 Å². The number of likely N-dealkylation sites (N-methyl/N-ethyl adjacent to an activating group) is 2. The predicted octanol–water partition coefficient (Wildman–Crippen LogP) is 5.49. The van der Waals surface area contributed by atoms with Gasteiger partial charge in [-0.25, -0.2) is 0 Å². The monoisotopic (exact) mass is 814 g/mol. The Morgan fingerprint density at radius 2 is 1.64 bits per heavy atom. The van der Waals surface area contributed by atoms with Gasteiger partial charge in [0.25, 0.3) is 0 Å². The van der Waals surface area contributed by atoms with E-state index in [1.54, 1.807) is 53.6 Å². The smallest absolute Gasteiger partial charge is 0.310 e. The lowest BCUT2D eigenvalue weighted by atomic mass is 9.85. The molecule has 1 aliphatic heterocycles. The fraction of sp³-hybridized carbons (Fsp3) is 0.744. The van der Waals surface area contributed by atoms with Crippen LogP contribution in [0.4, 0.5) is 0 Å². The van der Waals surface area contributed by atoms with Crippen molar-refractivity contribution in [3.63, 3.8) is 0 Å². The van der Waals surface area contributed by atoms with Crippen molar-refractivity contribution in [2.75, 3.05) is 34.9 Å². The lowest BCUT2D eigenvalue weighted by molar-refractivity contribution is -0.161. The normalized spacial score (nSPS) is 19.1. The summed E-state index contributed by atoms with van der Waals surface area (Å²) in [5.41, 5.74) is 9.44. The molecule has 0 unspecified atom stereocenters. The Morgan fingerprint density at radius 3 is 2.16 bits per heavy atom. The minimum absolute atomic E-state index is 0.0406. The average molecular weight is 814 g/mol. The zero-order chi connectivity index (χ0) is 43.9. The largest absolute Gasteiger partial charge is 0.460 e. The molecule has 0 aromatic heterocycles. The van der Waals surface area contributed by atoms with Gasteiger partial charge in [-0.1, -0.05) is 83.4 Å². The number of ether oxygens (including phenoxy) is 3. The van der Waals surface area contributed by atoms with E-state index >= 15 is 0 Å². The maximum atomic E-state index is 14.3. The molecule has 1 fully saturated rings. The first kappa shape index (κ1) is 50.1. The van der Waals surface area contributed by atoms with Crippen molar-refractivity contribution in [1.82, 2.24) is 20.4 Å². The molecule has 0 saturated carbocycles. The van der Waals surface area contributed by atoms with E-state index < -0.39 is 77.6 Å². The molecule has 1 heterocycles. The average Bonchev–Trinajstić information content (AvgIpc) is 3.65. The van der Waals surface area contributed by atoms with Gasteiger partial charge in [0.2, 0.25) is 17.7 Å². The number of ketones is 1. The molecule has 326 valence electrons. The first-order valence-corrected chi connectivity index (χ1v) is 20.7. The molecule has 0 bridgehead atoms. The number of benzene rings is 1. The number of likely N-dealkylation sites (tertiary alicyclic amines) is 1. The summed E-state index contributed by atoms with van der Waals surface area (Å²) in [5.74, 6) is -3.22. The van der Waals surface area contributed by atoms with Crippen LogP contribution in [0.25, 0.3) is 10.4 Å². The molecular formula is C43H71N7O8. The van der Waals surface area contributed by atoms with Crippen molar-refractivity contribution < 1.29 is 38.2 Å². The fourth-order valence-electron chi connectivity index (χ4n) is 8.06. The lowest BCUT2D eigenvalue weighted by Gasteiger charge is -2.41. The third-order valence-electron chi connectivity index (χ3n) is 11.4. The van der Waals surface area contributed by atoms with Gasteiger partial charge in [-0.2, -0.15) is 0 Å². The van der Waals surface area contributed by atoms with E-state index in [0.717, 1.165) is 5.56 Å². The number of esters is 1. The maximum Gasteiger partial charge on any atom is 0.310 e. The van der Waals surface area contributed by atoms with Gasteiger partial charge in [0.05, 0.1) is 48.7 Å².